The van der Waals surface area contributed by atoms with Crippen LogP contribution in [0.5, 0.6) is 5.75 Å². The van der Waals surface area contributed by atoms with Crippen LogP contribution in [0.4, 0.5) is 10.5 Å². The zero-order valence-corrected chi connectivity index (χ0v) is 23.7. The number of anilines is 1. The van der Waals surface area contributed by atoms with E-state index in [0.29, 0.717) is 16.9 Å². The van der Waals surface area contributed by atoms with E-state index in [2.05, 4.69) is 34.9 Å². The van der Waals surface area contributed by atoms with E-state index in [1.807, 2.05) is 70.2 Å². The lowest BCUT2D eigenvalue weighted by atomic mass is 9.77. The Morgan fingerprint density at radius 3 is 2.29 bits per heavy atom. The molecule has 3 aromatic rings. The smallest absolute Gasteiger partial charge is 0.482 e. The Bertz CT molecular complexity index is 1490. The molecule has 0 unspecified atom stereocenters. The second-order valence-electron chi connectivity index (χ2n) is 11.6. The maximum Gasteiger partial charge on any atom is 0.492 e. The van der Waals surface area contributed by atoms with Crippen LogP contribution in [0, 0.1) is 0 Å². The van der Waals surface area contributed by atoms with Crippen LogP contribution >= 0.6 is 0 Å². The normalized spacial score (nSPS) is 18.6. The summed E-state index contributed by atoms with van der Waals surface area (Å²) in [5, 5.41) is 5.72. The van der Waals surface area contributed by atoms with Crippen LogP contribution < -0.4 is 15.4 Å². The first-order valence-electron chi connectivity index (χ1n) is 13.8. The molecule has 1 saturated heterocycles. The third kappa shape index (κ3) is 5.23. The molecule has 1 fully saturated rings. The molecule has 3 aliphatic rings. The number of hydrogen-bond donors (Lipinski definition) is 2. The van der Waals surface area contributed by atoms with Crippen molar-refractivity contribution in [3.05, 3.63) is 88.9 Å². The number of fused-ring (bicyclic) bond motifs is 4. The van der Waals surface area contributed by atoms with Crippen molar-refractivity contribution in [2.45, 2.75) is 44.8 Å². The highest BCUT2D eigenvalue weighted by Crippen LogP contribution is 2.44. The van der Waals surface area contributed by atoms with Crippen molar-refractivity contribution in [3.8, 4) is 16.9 Å². The summed E-state index contributed by atoms with van der Waals surface area (Å²) in [6, 6.07) is 22.0. The minimum Gasteiger partial charge on any atom is -0.482 e. The molecule has 0 saturated carbocycles. The Balaban J connectivity index is 1.18. The van der Waals surface area contributed by atoms with Crippen LogP contribution in [-0.2, 0) is 18.8 Å². The van der Waals surface area contributed by atoms with Gasteiger partial charge in [-0.2, -0.15) is 0 Å². The lowest BCUT2D eigenvalue weighted by Gasteiger charge is -2.32. The Morgan fingerprint density at radius 2 is 1.63 bits per heavy atom. The van der Waals surface area contributed by atoms with Gasteiger partial charge in [0.1, 0.15) is 12.4 Å². The fourth-order valence-corrected chi connectivity index (χ4v) is 5.43. The van der Waals surface area contributed by atoms with Gasteiger partial charge in [-0.25, -0.2) is 4.79 Å². The summed E-state index contributed by atoms with van der Waals surface area (Å²) in [6.45, 7) is 8.29. The monoisotopic (exact) mass is 552 g/mol. The van der Waals surface area contributed by atoms with Crippen molar-refractivity contribution in [2.24, 2.45) is 0 Å². The molecule has 3 aromatic carbocycles. The van der Waals surface area contributed by atoms with Gasteiger partial charge in [0.05, 0.1) is 16.9 Å². The largest absolute Gasteiger partial charge is 0.492 e. The summed E-state index contributed by atoms with van der Waals surface area (Å²) >= 11 is 0. The molecular formula is C32H33BN2O6. The van der Waals surface area contributed by atoms with E-state index >= 15 is 0 Å². The van der Waals surface area contributed by atoms with Crippen LogP contribution in [0.15, 0.2) is 72.2 Å². The molecule has 1 aliphatic carbocycles. The number of ether oxygens (including phenoxy) is 2. The molecule has 9 heteroatoms. The van der Waals surface area contributed by atoms with Crippen LogP contribution in [-0.4, -0.2) is 50.1 Å². The number of carbonyl (C=O) groups is 2. The van der Waals surface area contributed by atoms with Crippen LogP contribution in [0.25, 0.3) is 17.2 Å². The molecule has 2 heterocycles. The molecule has 0 aromatic heterocycles. The van der Waals surface area contributed by atoms with Crippen LogP contribution in [0.2, 0.25) is 0 Å². The van der Waals surface area contributed by atoms with Gasteiger partial charge in [0.2, 0.25) is 0 Å². The Hall–Kier alpha value is -4.08. The molecule has 2 aliphatic heterocycles. The van der Waals surface area contributed by atoms with Gasteiger partial charge >= 0.3 is 13.2 Å². The van der Waals surface area contributed by atoms with Gasteiger partial charge < -0.3 is 29.4 Å². The molecule has 41 heavy (non-hydrogen) atoms. The fourth-order valence-electron chi connectivity index (χ4n) is 5.43. The van der Waals surface area contributed by atoms with E-state index in [1.165, 1.54) is 11.1 Å². The van der Waals surface area contributed by atoms with Crippen molar-refractivity contribution in [2.75, 3.05) is 25.1 Å². The second-order valence-corrected chi connectivity index (χ2v) is 11.6. The molecule has 8 nitrogen and oxygen atoms in total. The van der Waals surface area contributed by atoms with Crippen LogP contribution in [0.3, 0.4) is 0 Å². The number of amides is 2. The summed E-state index contributed by atoms with van der Waals surface area (Å²) < 4.78 is 23.8. The number of hydrogen-bond acceptors (Lipinski definition) is 6. The lowest BCUT2D eigenvalue weighted by molar-refractivity contribution is -0.118. The molecule has 6 rings (SSSR count). The van der Waals surface area contributed by atoms with E-state index in [0.717, 1.165) is 16.7 Å². The number of carbonyl (C=O) groups excluding carboxylic acids is 2. The maximum atomic E-state index is 13.0. The first kappa shape index (κ1) is 27.1. The maximum absolute atomic E-state index is 13.0. The Morgan fingerprint density at radius 1 is 1.00 bits per heavy atom. The SMILES string of the molecule is CC1(C)OB(C(=Cc2ccc3c(c2)NC(=O)CO3)CNC(=O)OCC2c3ccccc3-c3ccccc32)OC1(C)C. The average Bonchev–Trinajstić information content (AvgIpc) is 3.38. The zero-order chi connectivity index (χ0) is 28.8. The van der Waals surface area contributed by atoms with E-state index in [9.17, 15) is 9.59 Å². The van der Waals surface area contributed by atoms with E-state index in [-0.39, 0.29) is 31.6 Å². The molecule has 0 radical (unpaired) electrons. The van der Waals surface area contributed by atoms with Gasteiger partial charge in [0.15, 0.2) is 6.61 Å². The van der Waals surface area contributed by atoms with Gasteiger partial charge in [-0.1, -0.05) is 60.7 Å². The highest BCUT2D eigenvalue weighted by atomic mass is 16.7. The topological polar surface area (TPSA) is 95.1 Å². The lowest BCUT2D eigenvalue weighted by Crippen LogP contribution is -2.41. The first-order chi connectivity index (χ1) is 19.6. The summed E-state index contributed by atoms with van der Waals surface area (Å²) in [5.41, 5.74) is 5.65. The predicted octanol–water partition coefficient (Wildman–Crippen LogP) is 5.57. The van der Waals surface area contributed by atoms with Crippen LogP contribution in [0.1, 0.15) is 50.3 Å². The van der Waals surface area contributed by atoms with E-state index < -0.39 is 24.4 Å². The highest BCUT2D eigenvalue weighted by Gasteiger charge is 2.52. The van der Waals surface area contributed by atoms with Gasteiger partial charge in [0, 0.05) is 12.5 Å². The van der Waals surface area contributed by atoms with Crippen molar-refractivity contribution in [3.63, 3.8) is 0 Å². The fraction of sp³-hybridized carbons (Fsp3) is 0.312. The van der Waals surface area contributed by atoms with Crippen molar-refractivity contribution >= 4 is 30.9 Å². The number of rotatable bonds is 6. The van der Waals surface area contributed by atoms with E-state index in [1.54, 1.807) is 6.07 Å². The summed E-state index contributed by atoms with van der Waals surface area (Å²) in [4.78, 5) is 24.8. The quantitative estimate of drug-likeness (QED) is 0.389. The minimum absolute atomic E-state index is 0.00852. The highest BCUT2D eigenvalue weighted by molar-refractivity contribution is 6.56. The third-order valence-electron chi connectivity index (χ3n) is 8.33. The predicted molar refractivity (Wildman–Crippen MR) is 158 cm³/mol. The van der Waals surface area contributed by atoms with Crippen molar-refractivity contribution < 1.29 is 28.4 Å². The molecule has 0 bridgehead atoms. The average molecular weight is 552 g/mol. The summed E-state index contributed by atoms with van der Waals surface area (Å²) in [6.07, 6.45) is 1.37. The Labute approximate surface area is 240 Å². The standard InChI is InChI=1S/C32H33BN2O6/c1-31(2)32(3,4)41-33(40-31)21(15-20-13-14-28-27(16-20)35-29(36)19-38-28)17-34-30(37)39-18-26-24-11-7-5-9-22(24)23-10-6-8-12-25(23)26/h5-16,26H,17-19H2,1-4H3,(H,34,37)(H,35,36). The Kier molecular flexibility index (Phi) is 6.87. The third-order valence-corrected chi connectivity index (χ3v) is 8.33. The molecule has 2 N–H and O–H groups in total. The van der Waals surface area contributed by atoms with Gasteiger partial charge in [-0.05, 0) is 73.1 Å². The second kappa shape index (κ2) is 10.4. The zero-order valence-electron chi connectivity index (χ0n) is 23.7. The molecule has 210 valence electrons. The summed E-state index contributed by atoms with van der Waals surface area (Å²) in [7, 11) is -0.684. The number of alkyl carbamates (subject to hydrolysis) is 1. The molecule has 0 spiro atoms. The molecule has 0 atom stereocenters. The van der Waals surface area contributed by atoms with E-state index in [4.69, 9.17) is 18.8 Å². The van der Waals surface area contributed by atoms with Gasteiger partial charge in [0.25, 0.3) is 5.91 Å². The molecule has 2 amide bonds. The minimum atomic E-state index is -0.684. The van der Waals surface area contributed by atoms with Crippen molar-refractivity contribution in [1.29, 1.82) is 0 Å². The number of nitrogens with one attached hydrogen (secondary N) is 2. The first-order valence-corrected chi connectivity index (χ1v) is 13.8. The van der Waals surface area contributed by atoms with Gasteiger partial charge in [-0.15, -0.1) is 0 Å². The van der Waals surface area contributed by atoms with Crippen molar-refractivity contribution in [1.82, 2.24) is 5.32 Å². The summed E-state index contributed by atoms with van der Waals surface area (Å²) in [5.74, 6) is 0.372. The van der Waals surface area contributed by atoms with Gasteiger partial charge in [-0.3, -0.25) is 4.79 Å². The number of benzene rings is 3. The molecular weight excluding hydrogens is 519 g/mol.